The Morgan fingerprint density at radius 1 is 1.14 bits per heavy atom. The van der Waals surface area contributed by atoms with Crippen LogP contribution in [0.5, 0.6) is 0 Å². The molecule has 1 atom stereocenters. The third-order valence-corrected chi connectivity index (χ3v) is 5.52. The molecular weight excluding hydrogens is 280 g/mol. The average Bonchev–Trinajstić information content (AvgIpc) is 2.47. The molecule has 1 spiro atoms. The molecule has 0 bridgehead atoms. The Bertz CT molecular complexity index is 546. The van der Waals surface area contributed by atoms with Gasteiger partial charge in [0.2, 0.25) is 0 Å². The normalized spacial score (nSPS) is 29.1. The van der Waals surface area contributed by atoms with Gasteiger partial charge in [0.25, 0.3) is 5.79 Å². The maximum atomic E-state index is 12.5. The lowest BCUT2D eigenvalue weighted by Crippen LogP contribution is -2.56. The standard InChI is InChI=1S/C18H24O4/c1-4-17(5-2)15(19)21-18(22-16(17)20)9-8-13-7-6-12(3)10-14(13)11-18/h10-11,13H,4-9H2,1-3H3. The summed E-state index contributed by atoms with van der Waals surface area (Å²) in [6.45, 7) is 5.76. The van der Waals surface area contributed by atoms with E-state index in [1.54, 1.807) is 0 Å². The number of carbonyl (C=O) groups is 2. The fourth-order valence-electron chi connectivity index (χ4n) is 3.82. The van der Waals surface area contributed by atoms with E-state index in [0.717, 1.165) is 24.8 Å². The zero-order chi connectivity index (χ0) is 16.0. The van der Waals surface area contributed by atoms with E-state index >= 15 is 0 Å². The summed E-state index contributed by atoms with van der Waals surface area (Å²) < 4.78 is 11.4. The maximum Gasteiger partial charge on any atom is 0.326 e. The number of rotatable bonds is 2. The van der Waals surface area contributed by atoms with E-state index in [1.165, 1.54) is 5.57 Å². The SMILES string of the molecule is CCC1(CC)C(=O)OC2(C=C3C=C(C)CCC3CC2)OC1=O. The van der Waals surface area contributed by atoms with Crippen molar-refractivity contribution in [3.05, 3.63) is 23.3 Å². The molecule has 120 valence electrons. The highest BCUT2D eigenvalue weighted by Gasteiger charge is 2.57. The lowest BCUT2D eigenvalue weighted by molar-refractivity contribution is -0.251. The molecule has 1 saturated heterocycles. The van der Waals surface area contributed by atoms with Gasteiger partial charge in [-0.1, -0.05) is 25.5 Å². The van der Waals surface area contributed by atoms with E-state index in [1.807, 2.05) is 19.9 Å². The van der Waals surface area contributed by atoms with Crippen molar-refractivity contribution in [3.8, 4) is 0 Å². The second kappa shape index (κ2) is 5.25. The van der Waals surface area contributed by atoms with Crippen molar-refractivity contribution in [1.82, 2.24) is 0 Å². The molecule has 4 heteroatoms. The van der Waals surface area contributed by atoms with Crippen LogP contribution in [0.1, 0.15) is 59.3 Å². The van der Waals surface area contributed by atoms with Crippen molar-refractivity contribution in [2.75, 3.05) is 0 Å². The van der Waals surface area contributed by atoms with Crippen LogP contribution in [0.3, 0.4) is 0 Å². The molecule has 1 fully saturated rings. The van der Waals surface area contributed by atoms with Gasteiger partial charge in [0.15, 0.2) is 5.41 Å². The van der Waals surface area contributed by atoms with Gasteiger partial charge >= 0.3 is 11.9 Å². The molecule has 0 aromatic heterocycles. The molecule has 1 unspecified atom stereocenters. The Hall–Kier alpha value is -1.58. The van der Waals surface area contributed by atoms with Gasteiger partial charge in [0, 0.05) is 12.5 Å². The molecule has 3 rings (SSSR count). The van der Waals surface area contributed by atoms with Gasteiger partial charge in [0.1, 0.15) is 0 Å². The minimum atomic E-state index is -1.18. The Balaban J connectivity index is 1.94. The van der Waals surface area contributed by atoms with Gasteiger partial charge in [-0.15, -0.1) is 0 Å². The average molecular weight is 304 g/mol. The Labute approximate surface area is 131 Å². The monoisotopic (exact) mass is 304 g/mol. The zero-order valence-corrected chi connectivity index (χ0v) is 13.6. The molecule has 1 aliphatic heterocycles. The predicted molar refractivity (Wildman–Crippen MR) is 81.7 cm³/mol. The van der Waals surface area contributed by atoms with Gasteiger partial charge in [-0.2, -0.15) is 0 Å². The number of ether oxygens (including phenoxy) is 2. The van der Waals surface area contributed by atoms with Crippen molar-refractivity contribution >= 4 is 11.9 Å². The van der Waals surface area contributed by atoms with Crippen LogP contribution >= 0.6 is 0 Å². The third-order valence-electron chi connectivity index (χ3n) is 5.52. The lowest BCUT2D eigenvalue weighted by atomic mass is 9.76. The molecule has 0 aromatic carbocycles. The summed E-state index contributed by atoms with van der Waals surface area (Å²) in [5.41, 5.74) is 1.35. The molecule has 0 aromatic rings. The Kier molecular flexibility index (Phi) is 3.66. The molecule has 2 aliphatic carbocycles. The molecule has 0 radical (unpaired) electrons. The molecule has 0 amide bonds. The van der Waals surface area contributed by atoms with Crippen LogP contribution < -0.4 is 0 Å². The fraction of sp³-hybridized carbons (Fsp3) is 0.667. The number of esters is 2. The van der Waals surface area contributed by atoms with Crippen molar-refractivity contribution in [2.24, 2.45) is 11.3 Å². The number of fused-ring (bicyclic) bond motifs is 1. The number of allylic oxidation sites excluding steroid dienone is 3. The molecule has 4 nitrogen and oxygen atoms in total. The molecule has 3 aliphatic rings. The topological polar surface area (TPSA) is 52.6 Å². The summed E-state index contributed by atoms with van der Waals surface area (Å²) in [6.07, 6.45) is 8.54. The fourth-order valence-corrected chi connectivity index (χ4v) is 3.82. The van der Waals surface area contributed by atoms with Crippen LogP contribution in [0.15, 0.2) is 23.3 Å². The minimum absolute atomic E-state index is 0.412. The van der Waals surface area contributed by atoms with E-state index < -0.39 is 23.1 Å². The first-order valence-corrected chi connectivity index (χ1v) is 8.31. The summed E-state index contributed by atoms with van der Waals surface area (Å²) in [7, 11) is 0. The van der Waals surface area contributed by atoms with Crippen LogP contribution in [0, 0.1) is 11.3 Å². The number of hydrogen-bond acceptors (Lipinski definition) is 4. The van der Waals surface area contributed by atoms with Crippen molar-refractivity contribution < 1.29 is 19.1 Å². The van der Waals surface area contributed by atoms with Crippen molar-refractivity contribution in [2.45, 2.75) is 65.1 Å². The lowest BCUT2D eigenvalue weighted by Gasteiger charge is -2.44. The van der Waals surface area contributed by atoms with Crippen LogP contribution in [-0.4, -0.2) is 17.7 Å². The molecule has 1 heterocycles. The van der Waals surface area contributed by atoms with E-state index in [-0.39, 0.29) is 0 Å². The molecule has 0 N–H and O–H groups in total. The summed E-state index contributed by atoms with van der Waals surface area (Å²) in [6, 6.07) is 0. The van der Waals surface area contributed by atoms with E-state index in [4.69, 9.17) is 9.47 Å². The Morgan fingerprint density at radius 3 is 2.36 bits per heavy atom. The van der Waals surface area contributed by atoms with Crippen LogP contribution in [0.2, 0.25) is 0 Å². The van der Waals surface area contributed by atoms with Crippen LogP contribution in [0.25, 0.3) is 0 Å². The molecule has 0 saturated carbocycles. The predicted octanol–water partition coefficient (Wildman–Crippen LogP) is 3.67. The highest BCUT2D eigenvalue weighted by molar-refractivity contribution is 6.01. The second-order valence-corrected chi connectivity index (χ2v) is 6.79. The zero-order valence-electron chi connectivity index (χ0n) is 13.6. The smallest absolute Gasteiger partial charge is 0.326 e. The molecule has 22 heavy (non-hydrogen) atoms. The number of hydrogen-bond donors (Lipinski definition) is 0. The van der Waals surface area contributed by atoms with Gasteiger partial charge in [0.05, 0.1) is 0 Å². The first-order chi connectivity index (χ1) is 10.4. The van der Waals surface area contributed by atoms with E-state index in [9.17, 15) is 9.59 Å². The summed E-state index contributed by atoms with van der Waals surface area (Å²) in [5.74, 6) is -1.54. The first kappa shape index (κ1) is 15.3. The van der Waals surface area contributed by atoms with Gasteiger partial charge in [-0.05, 0) is 50.5 Å². The summed E-state index contributed by atoms with van der Waals surface area (Å²) in [4.78, 5) is 25.0. The highest BCUT2D eigenvalue weighted by atomic mass is 16.7. The largest absolute Gasteiger partial charge is 0.418 e. The third kappa shape index (κ3) is 2.20. The molecular formula is C18H24O4. The van der Waals surface area contributed by atoms with Crippen molar-refractivity contribution in [1.29, 1.82) is 0 Å². The Morgan fingerprint density at radius 2 is 1.77 bits per heavy atom. The number of carbonyl (C=O) groups excluding carboxylic acids is 2. The highest BCUT2D eigenvalue weighted by Crippen LogP contribution is 2.46. The first-order valence-electron chi connectivity index (χ1n) is 8.31. The van der Waals surface area contributed by atoms with E-state index in [0.29, 0.717) is 25.2 Å². The minimum Gasteiger partial charge on any atom is -0.418 e. The quantitative estimate of drug-likeness (QED) is 0.577. The van der Waals surface area contributed by atoms with Crippen LogP contribution in [0.4, 0.5) is 0 Å². The summed E-state index contributed by atoms with van der Waals surface area (Å²) in [5, 5.41) is 0. The second-order valence-electron chi connectivity index (χ2n) is 6.79. The van der Waals surface area contributed by atoms with Crippen LogP contribution in [-0.2, 0) is 19.1 Å². The maximum absolute atomic E-state index is 12.5. The van der Waals surface area contributed by atoms with Gasteiger partial charge < -0.3 is 9.47 Å². The van der Waals surface area contributed by atoms with Crippen molar-refractivity contribution in [3.63, 3.8) is 0 Å². The van der Waals surface area contributed by atoms with E-state index in [2.05, 4.69) is 13.0 Å². The summed E-state index contributed by atoms with van der Waals surface area (Å²) >= 11 is 0. The van der Waals surface area contributed by atoms with Gasteiger partial charge in [-0.25, -0.2) is 0 Å². The van der Waals surface area contributed by atoms with Gasteiger partial charge in [-0.3, -0.25) is 9.59 Å².